The molecule has 19 heavy (non-hydrogen) atoms. The number of rotatable bonds is 2. The first kappa shape index (κ1) is 11.6. The predicted octanol–water partition coefficient (Wildman–Crippen LogP) is 4.34. The van der Waals surface area contributed by atoms with Crippen LogP contribution < -0.4 is 0 Å². The third kappa shape index (κ3) is 2.54. The lowest BCUT2D eigenvalue weighted by atomic mass is 10.1. The summed E-state index contributed by atoms with van der Waals surface area (Å²) in [4.78, 5) is 4.54. The smallest absolute Gasteiger partial charge is 0.117 e. The highest BCUT2D eigenvalue weighted by Gasteiger charge is 1.99. The Morgan fingerprint density at radius 2 is 1.79 bits per heavy atom. The molecule has 3 aromatic rings. The highest BCUT2D eigenvalue weighted by molar-refractivity contribution is 7.19. The summed E-state index contributed by atoms with van der Waals surface area (Å²) in [6, 6.07) is 17.7. The van der Waals surface area contributed by atoms with Gasteiger partial charge >= 0.3 is 0 Å². The number of hydrogen-bond donors (Lipinski definition) is 0. The van der Waals surface area contributed by atoms with Crippen LogP contribution in [-0.2, 0) is 0 Å². The highest BCUT2D eigenvalue weighted by atomic mass is 32.1. The fourth-order valence-corrected chi connectivity index (χ4v) is 2.67. The molecule has 0 unspecified atom stereocenters. The van der Waals surface area contributed by atoms with Gasteiger partial charge in [0.25, 0.3) is 0 Å². The molecule has 0 aliphatic rings. The lowest BCUT2D eigenvalue weighted by molar-refractivity contribution is 1.46. The van der Waals surface area contributed by atoms with Crippen LogP contribution in [-0.4, -0.2) is 4.98 Å². The largest absolute Gasteiger partial charge is 0.237 e. The zero-order chi connectivity index (χ0) is 13.1. The summed E-state index contributed by atoms with van der Waals surface area (Å²) in [5.41, 5.74) is 2.78. The van der Waals surface area contributed by atoms with Crippen LogP contribution in [0.3, 0.4) is 0 Å². The van der Waals surface area contributed by atoms with Crippen molar-refractivity contribution in [3.8, 4) is 6.07 Å². The minimum absolute atomic E-state index is 0.678. The molecular weight excluding hydrogens is 252 g/mol. The Morgan fingerprint density at radius 1 is 1.00 bits per heavy atom. The normalized spacial score (nSPS) is 10.9. The molecular formula is C16H10N2S. The van der Waals surface area contributed by atoms with Crippen molar-refractivity contribution in [2.45, 2.75) is 0 Å². The molecule has 1 aromatic heterocycles. The molecule has 90 valence electrons. The topological polar surface area (TPSA) is 36.7 Å². The molecule has 0 saturated carbocycles. The average molecular weight is 262 g/mol. The van der Waals surface area contributed by atoms with Gasteiger partial charge < -0.3 is 0 Å². The Kier molecular flexibility index (Phi) is 3.09. The summed E-state index contributed by atoms with van der Waals surface area (Å²) < 4.78 is 1.20. The number of nitrogens with zero attached hydrogens (tertiary/aromatic N) is 2. The van der Waals surface area contributed by atoms with E-state index in [2.05, 4.69) is 17.1 Å². The van der Waals surface area contributed by atoms with Crippen molar-refractivity contribution in [2.24, 2.45) is 0 Å². The molecule has 0 bridgehead atoms. The van der Waals surface area contributed by atoms with E-state index in [1.54, 1.807) is 11.3 Å². The number of fused-ring (bicyclic) bond motifs is 1. The third-order valence-electron chi connectivity index (χ3n) is 2.77. The molecule has 0 atom stereocenters. The van der Waals surface area contributed by atoms with E-state index in [-0.39, 0.29) is 0 Å². The summed E-state index contributed by atoms with van der Waals surface area (Å²) in [6.07, 6.45) is 4.02. The van der Waals surface area contributed by atoms with Gasteiger partial charge in [-0.15, -0.1) is 11.3 Å². The van der Waals surface area contributed by atoms with E-state index < -0.39 is 0 Å². The van der Waals surface area contributed by atoms with Gasteiger partial charge in [-0.25, -0.2) is 4.98 Å². The zero-order valence-corrected chi connectivity index (χ0v) is 10.9. The number of aromatic nitrogens is 1. The maximum atomic E-state index is 8.74. The van der Waals surface area contributed by atoms with E-state index in [0.717, 1.165) is 16.1 Å². The van der Waals surface area contributed by atoms with Crippen molar-refractivity contribution < 1.29 is 0 Å². The van der Waals surface area contributed by atoms with E-state index in [0.29, 0.717) is 5.56 Å². The first-order chi connectivity index (χ1) is 9.35. The number of nitriles is 1. The van der Waals surface area contributed by atoms with Crippen LogP contribution in [0.1, 0.15) is 16.1 Å². The number of para-hydroxylation sites is 1. The summed E-state index contributed by atoms with van der Waals surface area (Å²) in [7, 11) is 0. The van der Waals surface area contributed by atoms with E-state index in [9.17, 15) is 0 Å². The van der Waals surface area contributed by atoms with Crippen molar-refractivity contribution in [3.05, 3.63) is 64.7 Å². The van der Waals surface area contributed by atoms with Gasteiger partial charge in [-0.2, -0.15) is 5.26 Å². The molecule has 0 amide bonds. The molecule has 3 heteroatoms. The molecule has 3 rings (SSSR count). The molecule has 0 saturated heterocycles. The Bertz CT molecular complexity index is 743. The third-order valence-corrected chi connectivity index (χ3v) is 3.77. The minimum atomic E-state index is 0.678. The van der Waals surface area contributed by atoms with E-state index >= 15 is 0 Å². The van der Waals surface area contributed by atoms with Crippen molar-refractivity contribution in [1.29, 1.82) is 5.26 Å². The van der Waals surface area contributed by atoms with Gasteiger partial charge in [0.1, 0.15) is 5.01 Å². The number of thiazole rings is 1. The van der Waals surface area contributed by atoms with Crippen molar-refractivity contribution >= 4 is 33.7 Å². The van der Waals surface area contributed by atoms with Crippen LogP contribution in [0.25, 0.3) is 22.4 Å². The van der Waals surface area contributed by atoms with Gasteiger partial charge in [-0.05, 0) is 35.9 Å². The first-order valence-corrected chi connectivity index (χ1v) is 6.70. The lowest BCUT2D eigenvalue weighted by Crippen LogP contribution is -1.75. The highest BCUT2D eigenvalue weighted by Crippen LogP contribution is 2.23. The van der Waals surface area contributed by atoms with Gasteiger partial charge in [0.15, 0.2) is 0 Å². The Morgan fingerprint density at radius 3 is 2.53 bits per heavy atom. The zero-order valence-electron chi connectivity index (χ0n) is 10.1. The van der Waals surface area contributed by atoms with Gasteiger partial charge in [0.2, 0.25) is 0 Å². The Balaban J connectivity index is 1.87. The molecule has 0 fully saturated rings. The maximum Gasteiger partial charge on any atom is 0.117 e. The lowest BCUT2D eigenvalue weighted by Gasteiger charge is -1.92. The second kappa shape index (κ2) is 5.05. The second-order valence-electron chi connectivity index (χ2n) is 4.09. The van der Waals surface area contributed by atoms with Gasteiger partial charge in [-0.3, -0.25) is 0 Å². The SMILES string of the molecule is N#Cc1ccc(C=Cc2nc3ccccc3s2)cc1. The molecule has 1 heterocycles. The van der Waals surface area contributed by atoms with Crippen molar-refractivity contribution in [1.82, 2.24) is 4.98 Å². The van der Waals surface area contributed by atoms with Gasteiger partial charge in [-0.1, -0.05) is 30.3 Å². The second-order valence-corrected chi connectivity index (χ2v) is 5.15. The van der Waals surface area contributed by atoms with E-state index in [1.165, 1.54) is 4.70 Å². The first-order valence-electron chi connectivity index (χ1n) is 5.89. The van der Waals surface area contributed by atoms with Crippen LogP contribution >= 0.6 is 11.3 Å². The maximum absolute atomic E-state index is 8.74. The molecule has 0 aliphatic carbocycles. The molecule has 0 aliphatic heterocycles. The van der Waals surface area contributed by atoms with E-state index in [4.69, 9.17) is 5.26 Å². The Hall–Kier alpha value is -2.44. The molecule has 2 aromatic carbocycles. The van der Waals surface area contributed by atoms with E-state index in [1.807, 2.05) is 54.6 Å². The summed E-state index contributed by atoms with van der Waals surface area (Å²) >= 11 is 1.67. The van der Waals surface area contributed by atoms with Crippen molar-refractivity contribution in [2.75, 3.05) is 0 Å². The molecule has 2 nitrogen and oxygen atoms in total. The standard InChI is InChI=1S/C16H10N2S/c17-11-13-7-5-12(6-8-13)9-10-16-18-14-3-1-2-4-15(14)19-16/h1-10H. The quantitative estimate of drug-likeness (QED) is 0.689. The summed E-state index contributed by atoms with van der Waals surface area (Å²) in [5, 5.41) is 9.73. The number of hydrogen-bond acceptors (Lipinski definition) is 3. The molecule has 0 spiro atoms. The fraction of sp³-hybridized carbons (Fsp3) is 0. The molecule has 0 N–H and O–H groups in total. The molecule has 0 radical (unpaired) electrons. The van der Waals surface area contributed by atoms with Crippen molar-refractivity contribution in [3.63, 3.8) is 0 Å². The van der Waals surface area contributed by atoms with Crippen LogP contribution in [0.2, 0.25) is 0 Å². The van der Waals surface area contributed by atoms with Crippen LogP contribution in [0.15, 0.2) is 48.5 Å². The van der Waals surface area contributed by atoms with Gasteiger partial charge in [0, 0.05) is 0 Å². The minimum Gasteiger partial charge on any atom is -0.237 e. The fourth-order valence-electron chi connectivity index (χ4n) is 1.80. The van der Waals surface area contributed by atoms with Gasteiger partial charge in [0.05, 0.1) is 21.8 Å². The van der Waals surface area contributed by atoms with Crippen LogP contribution in [0, 0.1) is 11.3 Å². The number of benzene rings is 2. The van der Waals surface area contributed by atoms with Crippen LogP contribution in [0.5, 0.6) is 0 Å². The monoisotopic (exact) mass is 262 g/mol. The average Bonchev–Trinajstić information content (AvgIpc) is 2.88. The predicted molar refractivity (Wildman–Crippen MR) is 79.7 cm³/mol. The summed E-state index contributed by atoms with van der Waals surface area (Å²) in [5.74, 6) is 0. The Labute approximate surface area is 115 Å². The summed E-state index contributed by atoms with van der Waals surface area (Å²) in [6.45, 7) is 0. The van der Waals surface area contributed by atoms with Crippen LogP contribution in [0.4, 0.5) is 0 Å².